The van der Waals surface area contributed by atoms with Crippen molar-refractivity contribution < 1.29 is 0 Å². The van der Waals surface area contributed by atoms with E-state index in [1.807, 2.05) is 6.20 Å². The van der Waals surface area contributed by atoms with Crippen molar-refractivity contribution in [2.45, 2.75) is 31.7 Å². The SMILES string of the molecule is CCN(c1ncc(Br)cc1CCl)C1CC1. The molecule has 0 aromatic carbocycles. The van der Waals surface area contributed by atoms with Crippen LogP contribution in [0, 0.1) is 0 Å². The van der Waals surface area contributed by atoms with Gasteiger partial charge in [-0.05, 0) is 41.8 Å². The van der Waals surface area contributed by atoms with Crippen LogP contribution in [0.2, 0.25) is 0 Å². The van der Waals surface area contributed by atoms with E-state index in [1.165, 1.54) is 12.8 Å². The van der Waals surface area contributed by atoms with Gasteiger partial charge in [0.15, 0.2) is 0 Å². The van der Waals surface area contributed by atoms with Gasteiger partial charge in [0.25, 0.3) is 0 Å². The number of aromatic nitrogens is 1. The molecule has 1 saturated carbocycles. The molecular weight excluding hydrogens is 275 g/mol. The van der Waals surface area contributed by atoms with Crippen LogP contribution in [0.5, 0.6) is 0 Å². The van der Waals surface area contributed by atoms with Crippen LogP contribution in [0.4, 0.5) is 5.82 Å². The van der Waals surface area contributed by atoms with E-state index < -0.39 is 0 Å². The Balaban J connectivity index is 2.32. The molecule has 1 heterocycles. The Morgan fingerprint density at radius 2 is 2.33 bits per heavy atom. The third-order valence-corrected chi connectivity index (χ3v) is 3.38. The maximum Gasteiger partial charge on any atom is 0.133 e. The van der Waals surface area contributed by atoms with Crippen LogP contribution in [-0.4, -0.2) is 17.6 Å². The number of alkyl halides is 1. The van der Waals surface area contributed by atoms with Crippen LogP contribution in [0.15, 0.2) is 16.7 Å². The predicted octanol–water partition coefficient (Wildman–Crippen LogP) is 3.57. The van der Waals surface area contributed by atoms with Crippen molar-refractivity contribution in [3.63, 3.8) is 0 Å². The van der Waals surface area contributed by atoms with Crippen LogP contribution in [0.1, 0.15) is 25.3 Å². The number of hydrogen-bond acceptors (Lipinski definition) is 2. The first kappa shape index (κ1) is 11.2. The molecule has 0 radical (unpaired) electrons. The summed E-state index contributed by atoms with van der Waals surface area (Å²) in [7, 11) is 0. The normalized spacial score (nSPS) is 15.4. The van der Waals surface area contributed by atoms with Crippen molar-refractivity contribution in [1.29, 1.82) is 0 Å². The lowest BCUT2D eigenvalue weighted by atomic mass is 10.2. The number of halogens is 2. The molecule has 0 spiro atoms. The molecule has 0 saturated heterocycles. The number of anilines is 1. The predicted molar refractivity (Wildman–Crippen MR) is 67.5 cm³/mol. The Morgan fingerprint density at radius 3 is 2.87 bits per heavy atom. The van der Waals surface area contributed by atoms with E-state index in [2.05, 4.69) is 38.8 Å². The maximum atomic E-state index is 5.94. The molecule has 0 bridgehead atoms. The van der Waals surface area contributed by atoms with E-state index >= 15 is 0 Å². The second-order valence-corrected chi connectivity index (χ2v) is 4.97. The van der Waals surface area contributed by atoms with Gasteiger partial charge in [-0.25, -0.2) is 4.98 Å². The molecule has 1 aliphatic rings. The zero-order valence-corrected chi connectivity index (χ0v) is 11.1. The maximum absolute atomic E-state index is 5.94. The summed E-state index contributed by atoms with van der Waals surface area (Å²) in [5, 5.41) is 0. The summed E-state index contributed by atoms with van der Waals surface area (Å²) in [6.07, 6.45) is 4.41. The molecule has 0 amide bonds. The molecular formula is C11H14BrClN2. The first-order chi connectivity index (χ1) is 7.26. The topological polar surface area (TPSA) is 16.1 Å². The van der Waals surface area contributed by atoms with E-state index in [1.54, 1.807) is 0 Å². The molecule has 0 N–H and O–H groups in total. The molecule has 82 valence electrons. The van der Waals surface area contributed by atoms with Gasteiger partial charge in [0.05, 0.1) is 5.88 Å². The Labute approximate surface area is 104 Å². The molecule has 1 aromatic heterocycles. The zero-order chi connectivity index (χ0) is 10.8. The highest BCUT2D eigenvalue weighted by atomic mass is 79.9. The van der Waals surface area contributed by atoms with Crippen molar-refractivity contribution in [2.24, 2.45) is 0 Å². The summed E-state index contributed by atoms with van der Waals surface area (Å²) < 4.78 is 0.994. The van der Waals surface area contributed by atoms with Gasteiger partial charge in [0.2, 0.25) is 0 Å². The average Bonchev–Trinajstić information content (AvgIpc) is 3.05. The van der Waals surface area contributed by atoms with Crippen molar-refractivity contribution in [2.75, 3.05) is 11.4 Å². The lowest BCUT2D eigenvalue weighted by molar-refractivity contribution is 0.802. The van der Waals surface area contributed by atoms with Crippen molar-refractivity contribution in [3.8, 4) is 0 Å². The fraction of sp³-hybridized carbons (Fsp3) is 0.545. The zero-order valence-electron chi connectivity index (χ0n) is 8.71. The first-order valence-corrected chi connectivity index (χ1v) is 6.56. The minimum atomic E-state index is 0.519. The second kappa shape index (κ2) is 4.71. The molecule has 2 rings (SSSR count). The lowest BCUT2D eigenvalue weighted by Crippen LogP contribution is -2.27. The molecule has 0 aliphatic heterocycles. The van der Waals surface area contributed by atoms with Crippen molar-refractivity contribution >= 4 is 33.3 Å². The van der Waals surface area contributed by atoms with Gasteiger partial charge in [-0.2, -0.15) is 0 Å². The van der Waals surface area contributed by atoms with Crippen LogP contribution in [-0.2, 0) is 5.88 Å². The Kier molecular flexibility index (Phi) is 3.52. The van der Waals surface area contributed by atoms with E-state index in [4.69, 9.17) is 11.6 Å². The molecule has 2 nitrogen and oxygen atoms in total. The van der Waals surface area contributed by atoms with Crippen LogP contribution < -0.4 is 4.90 Å². The van der Waals surface area contributed by atoms with Gasteiger partial charge in [0.1, 0.15) is 5.82 Å². The number of pyridine rings is 1. The Morgan fingerprint density at radius 1 is 1.60 bits per heavy atom. The molecule has 1 fully saturated rings. The van der Waals surface area contributed by atoms with E-state index in [0.717, 1.165) is 22.4 Å². The van der Waals surface area contributed by atoms with Gasteiger partial charge >= 0.3 is 0 Å². The number of hydrogen-bond donors (Lipinski definition) is 0. The molecule has 1 aliphatic carbocycles. The van der Waals surface area contributed by atoms with E-state index in [9.17, 15) is 0 Å². The standard InChI is InChI=1S/C11H14BrClN2/c1-2-15(10-3-4-10)11-8(6-13)5-9(12)7-14-11/h5,7,10H,2-4,6H2,1H3. The fourth-order valence-electron chi connectivity index (χ4n) is 1.80. The minimum Gasteiger partial charge on any atom is -0.354 e. The molecule has 0 unspecified atom stereocenters. The number of nitrogens with zero attached hydrogens (tertiary/aromatic N) is 2. The first-order valence-electron chi connectivity index (χ1n) is 5.23. The Hall–Kier alpha value is -0.280. The van der Waals surface area contributed by atoms with E-state index in [-0.39, 0.29) is 0 Å². The summed E-state index contributed by atoms with van der Waals surface area (Å²) >= 11 is 9.36. The van der Waals surface area contributed by atoms with Gasteiger partial charge in [0, 0.05) is 28.8 Å². The molecule has 0 atom stereocenters. The third kappa shape index (κ3) is 2.45. The van der Waals surface area contributed by atoms with Gasteiger partial charge in [-0.15, -0.1) is 11.6 Å². The van der Waals surface area contributed by atoms with E-state index in [0.29, 0.717) is 11.9 Å². The highest BCUT2D eigenvalue weighted by Gasteiger charge is 2.29. The minimum absolute atomic E-state index is 0.519. The second-order valence-electron chi connectivity index (χ2n) is 3.79. The molecule has 4 heteroatoms. The Bertz CT molecular complexity index is 352. The van der Waals surface area contributed by atoms with Gasteiger partial charge < -0.3 is 4.90 Å². The smallest absolute Gasteiger partial charge is 0.133 e. The highest BCUT2D eigenvalue weighted by Crippen LogP contribution is 2.33. The lowest BCUT2D eigenvalue weighted by Gasteiger charge is -2.23. The molecule has 15 heavy (non-hydrogen) atoms. The summed E-state index contributed by atoms with van der Waals surface area (Å²) in [6, 6.07) is 2.74. The summed E-state index contributed by atoms with van der Waals surface area (Å²) in [4.78, 5) is 6.83. The van der Waals surface area contributed by atoms with Crippen LogP contribution in [0.3, 0.4) is 0 Å². The third-order valence-electron chi connectivity index (χ3n) is 2.65. The summed E-state index contributed by atoms with van der Waals surface area (Å²) in [5.74, 6) is 1.57. The largest absolute Gasteiger partial charge is 0.354 e. The van der Waals surface area contributed by atoms with Crippen molar-refractivity contribution in [3.05, 3.63) is 22.3 Å². The summed E-state index contributed by atoms with van der Waals surface area (Å²) in [6.45, 7) is 3.17. The highest BCUT2D eigenvalue weighted by molar-refractivity contribution is 9.10. The van der Waals surface area contributed by atoms with Gasteiger partial charge in [-0.1, -0.05) is 0 Å². The van der Waals surface area contributed by atoms with Crippen molar-refractivity contribution in [1.82, 2.24) is 4.98 Å². The number of rotatable bonds is 4. The summed E-state index contributed by atoms with van der Waals surface area (Å²) in [5.41, 5.74) is 1.11. The monoisotopic (exact) mass is 288 g/mol. The fourth-order valence-corrected chi connectivity index (χ4v) is 2.37. The van der Waals surface area contributed by atoms with Crippen LogP contribution in [0.25, 0.3) is 0 Å². The molecule has 1 aromatic rings. The average molecular weight is 290 g/mol. The van der Waals surface area contributed by atoms with Gasteiger partial charge in [-0.3, -0.25) is 0 Å². The quantitative estimate of drug-likeness (QED) is 0.788. The van der Waals surface area contributed by atoms with Crippen LogP contribution >= 0.6 is 27.5 Å².